The van der Waals surface area contributed by atoms with Crippen molar-refractivity contribution in [2.24, 2.45) is 0 Å². The Morgan fingerprint density at radius 3 is 2.32 bits per heavy atom. The lowest BCUT2D eigenvalue weighted by molar-refractivity contribution is 0.567. The van der Waals surface area contributed by atoms with Gasteiger partial charge in [0.25, 0.3) is 0 Å². The Morgan fingerprint density at radius 2 is 1.68 bits per heavy atom. The van der Waals surface area contributed by atoms with Gasteiger partial charge in [-0.25, -0.2) is 13.1 Å². The maximum absolute atomic E-state index is 12.3. The molecular formula is C15H17NO2S. The summed E-state index contributed by atoms with van der Waals surface area (Å²) in [6.45, 7) is 3.71. The van der Waals surface area contributed by atoms with E-state index >= 15 is 0 Å². The molecule has 4 heteroatoms. The molecule has 3 nitrogen and oxygen atoms in total. The van der Waals surface area contributed by atoms with E-state index in [2.05, 4.69) is 4.72 Å². The van der Waals surface area contributed by atoms with E-state index in [1.54, 1.807) is 18.2 Å². The molecule has 19 heavy (non-hydrogen) atoms. The summed E-state index contributed by atoms with van der Waals surface area (Å²) in [4.78, 5) is 0.301. The molecule has 0 saturated carbocycles. The highest BCUT2D eigenvalue weighted by atomic mass is 32.2. The normalized spacial score (nSPS) is 13.2. The molecule has 0 aliphatic heterocycles. The highest BCUT2D eigenvalue weighted by Gasteiger charge is 2.18. The number of rotatable bonds is 4. The summed E-state index contributed by atoms with van der Waals surface area (Å²) in [5.41, 5.74) is 1.87. The van der Waals surface area contributed by atoms with Crippen LogP contribution in [0.15, 0.2) is 59.5 Å². The molecule has 0 bridgehead atoms. The topological polar surface area (TPSA) is 46.2 Å². The van der Waals surface area contributed by atoms with Gasteiger partial charge >= 0.3 is 0 Å². The second-order valence-electron chi connectivity index (χ2n) is 4.57. The molecule has 0 saturated heterocycles. The molecule has 0 amide bonds. The van der Waals surface area contributed by atoms with Gasteiger partial charge in [-0.2, -0.15) is 0 Å². The van der Waals surface area contributed by atoms with E-state index in [0.29, 0.717) is 4.90 Å². The molecule has 1 N–H and O–H groups in total. The summed E-state index contributed by atoms with van der Waals surface area (Å²) in [7, 11) is -3.48. The first-order valence-electron chi connectivity index (χ1n) is 6.13. The van der Waals surface area contributed by atoms with Crippen LogP contribution >= 0.6 is 0 Å². The molecule has 2 aromatic rings. The molecule has 0 radical (unpaired) electrons. The third-order valence-corrected chi connectivity index (χ3v) is 4.47. The predicted molar refractivity (Wildman–Crippen MR) is 76.4 cm³/mol. The fourth-order valence-electron chi connectivity index (χ4n) is 1.89. The van der Waals surface area contributed by atoms with Crippen LogP contribution in [-0.4, -0.2) is 8.42 Å². The molecule has 0 aromatic heterocycles. The van der Waals surface area contributed by atoms with Gasteiger partial charge in [-0.3, -0.25) is 0 Å². The van der Waals surface area contributed by atoms with Crippen molar-refractivity contribution in [2.75, 3.05) is 0 Å². The summed E-state index contributed by atoms with van der Waals surface area (Å²) in [5.74, 6) is 0. The molecule has 2 aromatic carbocycles. The van der Waals surface area contributed by atoms with Crippen LogP contribution < -0.4 is 4.72 Å². The minimum Gasteiger partial charge on any atom is -0.207 e. The Morgan fingerprint density at radius 1 is 1.00 bits per heavy atom. The maximum atomic E-state index is 12.3. The van der Waals surface area contributed by atoms with Crippen molar-refractivity contribution in [2.45, 2.75) is 24.8 Å². The lowest BCUT2D eigenvalue weighted by Gasteiger charge is -2.14. The SMILES string of the molecule is Cc1cccc(S(=O)(=O)N[C@@H](C)c2ccccc2)c1. The molecule has 0 heterocycles. The highest BCUT2D eigenvalue weighted by molar-refractivity contribution is 7.89. The van der Waals surface area contributed by atoms with Crippen LogP contribution in [0.25, 0.3) is 0 Å². The smallest absolute Gasteiger partial charge is 0.207 e. The van der Waals surface area contributed by atoms with E-state index in [1.165, 1.54) is 0 Å². The second-order valence-corrected chi connectivity index (χ2v) is 6.28. The van der Waals surface area contributed by atoms with Crippen molar-refractivity contribution in [3.8, 4) is 0 Å². The molecule has 1 atom stereocenters. The number of hydrogen-bond donors (Lipinski definition) is 1. The van der Waals surface area contributed by atoms with Crippen molar-refractivity contribution in [1.82, 2.24) is 4.72 Å². The fourth-order valence-corrected chi connectivity index (χ4v) is 3.23. The van der Waals surface area contributed by atoms with Crippen LogP contribution in [-0.2, 0) is 10.0 Å². The minimum atomic E-state index is -3.48. The van der Waals surface area contributed by atoms with Crippen LogP contribution in [0.2, 0.25) is 0 Å². The van der Waals surface area contributed by atoms with Gasteiger partial charge in [-0.05, 0) is 37.1 Å². The first-order valence-corrected chi connectivity index (χ1v) is 7.61. The number of nitrogens with one attached hydrogen (secondary N) is 1. The van der Waals surface area contributed by atoms with Gasteiger partial charge in [0.1, 0.15) is 0 Å². The van der Waals surface area contributed by atoms with Crippen LogP contribution in [0.3, 0.4) is 0 Å². The lowest BCUT2D eigenvalue weighted by Crippen LogP contribution is -2.26. The molecule has 0 spiro atoms. The van der Waals surface area contributed by atoms with Crippen molar-refractivity contribution in [1.29, 1.82) is 0 Å². The standard InChI is InChI=1S/C15H17NO2S/c1-12-7-6-10-15(11-12)19(17,18)16-13(2)14-8-4-3-5-9-14/h3-11,13,16H,1-2H3/t13-/m0/s1. The quantitative estimate of drug-likeness (QED) is 0.932. The van der Waals surface area contributed by atoms with Crippen molar-refractivity contribution >= 4 is 10.0 Å². The Kier molecular flexibility index (Phi) is 4.02. The molecule has 0 unspecified atom stereocenters. The summed E-state index contributed by atoms with van der Waals surface area (Å²) < 4.78 is 27.2. The fraction of sp³-hybridized carbons (Fsp3) is 0.200. The Hall–Kier alpha value is -1.65. The lowest BCUT2D eigenvalue weighted by atomic mass is 10.1. The van der Waals surface area contributed by atoms with Gasteiger partial charge < -0.3 is 0 Å². The molecule has 2 rings (SSSR count). The van der Waals surface area contributed by atoms with E-state index in [-0.39, 0.29) is 6.04 Å². The molecule has 0 aliphatic rings. The van der Waals surface area contributed by atoms with Gasteiger partial charge in [0.15, 0.2) is 0 Å². The first kappa shape index (κ1) is 13.8. The van der Waals surface area contributed by atoms with Crippen molar-refractivity contribution in [3.63, 3.8) is 0 Å². The van der Waals surface area contributed by atoms with Crippen LogP contribution in [0, 0.1) is 6.92 Å². The van der Waals surface area contributed by atoms with Gasteiger partial charge in [-0.15, -0.1) is 0 Å². The summed E-state index contributed by atoms with van der Waals surface area (Å²) in [5, 5.41) is 0. The third-order valence-electron chi connectivity index (χ3n) is 2.93. The van der Waals surface area contributed by atoms with E-state index in [1.807, 2.05) is 50.2 Å². The largest absolute Gasteiger partial charge is 0.241 e. The van der Waals surface area contributed by atoms with Gasteiger partial charge in [0.2, 0.25) is 10.0 Å². The van der Waals surface area contributed by atoms with E-state index < -0.39 is 10.0 Å². The Bertz CT molecular complexity index is 651. The number of sulfonamides is 1. The molecule has 0 fully saturated rings. The third kappa shape index (κ3) is 3.43. The summed E-state index contributed by atoms with van der Waals surface area (Å²) in [6, 6.07) is 16.1. The monoisotopic (exact) mass is 275 g/mol. The average molecular weight is 275 g/mol. The number of aryl methyl sites for hydroxylation is 1. The highest BCUT2D eigenvalue weighted by Crippen LogP contribution is 2.17. The van der Waals surface area contributed by atoms with E-state index in [9.17, 15) is 8.42 Å². The summed E-state index contributed by atoms with van der Waals surface area (Å²) >= 11 is 0. The molecular weight excluding hydrogens is 258 g/mol. The second kappa shape index (κ2) is 5.55. The summed E-state index contributed by atoms with van der Waals surface area (Å²) in [6.07, 6.45) is 0. The Labute approximate surface area is 114 Å². The van der Waals surface area contributed by atoms with Crippen molar-refractivity contribution < 1.29 is 8.42 Å². The minimum absolute atomic E-state index is 0.258. The number of benzene rings is 2. The van der Waals surface area contributed by atoms with Gasteiger partial charge in [0.05, 0.1) is 4.90 Å². The average Bonchev–Trinajstić information content (AvgIpc) is 2.39. The van der Waals surface area contributed by atoms with Gasteiger partial charge in [-0.1, -0.05) is 42.5 Å². The van der Waals surface area contributed by atoms with Crippen molar-refractivity contribution in [3.05, 3.63) is 65.7 Å². The van der Waals surface area contributed by atoms with E-state index in [0.717, 1.165) is 11.1 Å². The first-order chi connectivity index (χ1) is 8.99. The Balaban J connectivity index is 2.23. The van der Waals surface area contributed by atoms with Crippen LogP contribution in [0.4, 0.5) is 0 Å². The molecule has 100 valence electrons. The predicted octanol–water partition coefficient (Wildman–Crippen LogP) is 3.03. The van der Waals surface area contributed by atoms with Gasteiger partial charge in [0, 0.05) is 6.04 Å². The number of hydrogen-bond acceptors (Lipinski definition) is 2. The van der Waals surface area contributed by atoms with Crippen LogP contribution in [0.1, 0.15) is 24.1 Å². The molecule has 0 aliphatic carbocycles. The maximum Gasteiger partial charge on any atom is 0.241 e. The zero-order valence-corrected chi connectivity index (χ0v) is 11.8. The van der Waals surface area contributed by atoms with E-state index in [4.69, 9.17) is 0 Å². The zero-order valence-electron chi connectivity index (χ0n) is 11.0. The van der Waals surface area contributed by atoms with Crippen LogP contribution in [0.5, 0.6) is 0 Å². The zero-order chi connectivity index (χ0) is 13.9.